The predicted molar refractivity (Wildman–Crippen MR) is 85.4 cm³/mol. The van der Waals surface area contributed by atoms with E-state index in [1.165, 1.54) is 5.56 Å². The SMILES string of the molecule is CC(C)NCC(OC(C)C(C)C)c1cccc(Br)c1. The number of hydrogen-bond donors (Lipinski definition) is 1. The van der Waals surface area contributed by atoms with Crippen LogP contribution in [0.1, 0.15) is 46.3 Å². The second kappa shape index (κ2) is 8.03. The van der Waals surface area contributed by atoms with Crippen LogP contribution in [-0.4, -0.2) is 18.7 Å². The van der Waals surface area contributed by atoms with E-state index in [0.29, 0.717) is 12.0 Å². The molecule has 0 fully saturated rings. The Morgan fingerprint density at radius 3 is 2.37 bits per heavy atom. The smallest absolute Gasteiger partial charge is 0.0953 e. The van der Waals surface area contributed by atoms with Gasteiger partial charge in [0, 0.05) is 17.1 Å². The molecule has 0 saturated carbocycles. The first kappa shape index (κ1) is 16.7. The summed E-state index contributed by atoms with van der Waals surface area (Å²) in [5.41, 5.74) is 1.22. The van der Waals surface area contributed by atoms with Crippen molar-refractivity contribution in [2.24, 2.45) is 5.92 Å². The lowest BCUT2D eigenvalue weighted by Gasteiger charge is -2.26. The maximum atomic E-state index is 6.22. The third kappa shape index (κ3) is 6.07. The molecule has 0 spiro atoms. The van der Waals surface area contributed by atoms with Crippen LogP contribution < -0.4 is 5.32 Å². The van der Waals surface area contributed by atoms with Gasteiger partial charge in [-0.25, -0.2) is 0 Å². The van der Waals surface area contributed by atoms with Crippen LogP contribution >= 0.6 is 15.9 Å². The van der Waals surface area contributed by atoms with E-state index >= 15 is 0 Å². The molecule has 0 aromatic heterocycles. The van der Waals surface area contributed by atoms with E-state index in [0.717, 1.165) is 11.0 Å². The van der Waals surface area contributed by atoms with Crippen molar-refractivity contribution in [1.82, 2.24) is 5.32 Å². The summed E-state index contributed by atoms with van der Waals surface area (Å²) in [4.78, 5) is 0. The molecule has 1 aromatic carbocycles. The van der Waals surface area contributed by atoms with Crippen LogP contribution in [0.15, 0.2) is 28.7 Å². The lowest BCUT2D eigenvalue weighted by atomic mass is 10.1. The van der Waals surface area contributed by atoms with Gasteiger partial charge < -0.3 is 10.1 Å². The fourth-order valence-electron chi connectivity index (χ4n) is 1.71. The summed E-state index contributed by atoms with van der Waals surface area (Å²) >= 11 is 3.53. The Morgan fingerprint density at radius 2 is 1.84 bits per heavy atom. The van der Waals surface area contributed by atoms with Gasteiger partial charge >= 0.3 is 0 Å². The second-order valence-corrected chi connectivity index (χ2v) is 6.61. The number of rotatable bonds is 7. The first-order chi connectivity index (χ1) is 8.90. The van der Waals surface area contributed by atoms with Crippen LogP contribution in [-0.2, 0) is 4.74 Å². The quantitative estimate of drug-likeness (QED) is 0.793. The first-order valence-corrected chi connectivity index (χ1v) is 7.83. The van der Waals surface area contributed by atoms with Gasteiger partial charge in [0.05, 0.1) is 12.2 Å². The van der Waals surface area contributed by atoms with Crippen LogP contribution in [0, 0.1) is 5.92 Å². The van der Waals surface area contributed by atoms with Crippen LogP contribution in [0.25, 0.3) is 0 Å². The van der Waals surface area contributed by atoms with Gasteiger partial charge in [-0.3, -0.25) is 0 Å². The zero-order valence-corrected chi connectivity index (χ0v) is 14.2. The number of nitrogens with one attached hydrogen (secondary N) is 1. The minimum Gasteiger partial charge on any atom is -0.369 e. The molecule has 2 atom stereocenters. The molecule has 1 rings (SSSR count). The molecule has 0 bridgehead atoms. The monoisotopic (exact) mass is 327 g/mol. The van der Waals surface area contributed by atoms with Gasteiger partial charge in [-0.05, 0) is 30.5 Å². The van der Waals surface area contributed by atoms with Gasteiger partial charge in [-0.1, -0.05) is 55.8 Å². The van der Waals surface area contributed by atoms with Crippen molar-refractivity contribution in [3.63, 3.8) is 0 Å². The van der Waals surface area contributed by atoms with Crippen LogP contribution in [0.3, 0.4) is 0 Å². The molecule has 0 radical (unpaired) electrons. The summed E-state index contributed by atoms with van der Waals surface area (Å²) in [5, 5.41) is 3.47. The average molecular weight is 328 g/mol. The molecule has 2 nitrogen and oxygen atoms in total. The number of hydrogen-bond acceptors (Lipinski definition) is 2. The Kier molecular flexibility index (Phi) is 7.05. The van der Waals surface area contributed by atoms with E-state index in [2.05, 4.69) is 74.1 Å². The molecule has 0 aliphatic rings. The maximum Gasteiger partial charge on any atom is 0.0953 e. The van der Waals surface area contributed by atoms with Crippen molar-refractivity contribution in [2.75, 3.05) is 6.54 Å². The molecule has 1 N–H and O–H groups in total. The molecule has 3 heteroatoms. The van der Waals surface area contributed by atoms with Gasteiger partial charge in [0.25, 0.3) is 0 Å². The fourth-order valence-corrected chi connectivity index (χ4v) is 2.13. The Labute approximate surface area is 126 Å². The zero-order valence-electron chi connectivity index (χ0n) is 12.6. The van der Waals surface area contributed by atoms with Gasteiger partial charge in [0.15, 0.2) is 0 Å². The minimum absolute atomic E-state index is 0.0947. The van der Waals surface area contributed by atoms with Crippen LogP contribution in [0.2, 0.25) is 0 Å². The van der Waals surface area contributed by atoms with Crippen molar-refractivity contribution in [2.45, 2.75) is 52.9 Å². The molecule has 1 aromatic rings. The highest BCUT2D eigenvalue weighted by molar-refractivity contribution is 9.10. The summed E-state index contributed by atoms with van der Waals surface area (Å²) in [6, 6.07) is 8.84. The number of halogens is 1. The predicted octanol–water partition coefficient (Wildman–Crippen LogP) is 4.55. The van der Waals surface area contributed by atoms with Crippen molar-refractivity contribution >= 4 is 15.9 Å². The third-order valence-corrected chi connectivity index (χ3v) is 3.74. The lowest BCUT2D eigenvalue weighted by molar-refractivity contribution is -0.0267. The normalized spacial score (nSPS) is 14.9. The fraction of sp³-hybridized carbons (Fsp3) is 0.625. The van der Waals surface area contributed by atoms with Gasteiger partial charge in [0.2, 0.25) is 0 Å². The number of benzene rings is 1. The summed E-state index contributed by atoms with van der Waals surface area (Å²) in [6.45, 7) is 11.7. The average Bonchev–Trinajstić information content (AvgIpc) is 2.33. The van der Waals surface area contributed by atoms with Crippen molar-refractivity contribution in [3.8, 4) is 0 Å². The summed E-state index contributed by atoms with van der Waals surface area (Å²) in [5.74, 6) is 0.522. The van der Waals surface area contributed by atoms with Gasteiger partial charge in [-0.2, -0.15) is 0 Å². The highest BCUT2D eigenvalue weighted by Crippen LogP contribution is 2.24. The number of ether oxygens (including phenoxy) is 1. The molecule has 0 aliphatic carbocycles. The Morgan fingerprint density at radius 1 is 1.16 bits per heavy atom. The zero-order chi connectivity index (χ0) is 14.4. The van der Waals surface area contributed by atoms with E-state index in [9.17, 15) is 0 Å². The van der Waals surface area contributed by atoms with Gasteiger partial charge in [-0.15, -0.1) is 0 Å². The summed E-state index contributed by atoms with van der Waals surface area (Å²) < 4.78 is 7.32. The molecular formula is C16H26BrNO. The molecule has 108 valence electrons. The van der Waals surface area contributed by atoms with E-state index in [1.807, 2.05) is 6.07 Å². The summed E-state index contributed by atoms with van der Waals surface area (Å²) in [7, 11) is 0. The Balaban J connectivity index is 2.79. The van der Waals surface area contributed by atoms with E-state index in [-0.39, 0.29) is 12.2 Å². The highest BCUT2D eigenvalue weighted by atomic mass is 79.9. The highest BCUT2D eigenvalue weighted by Gasteiger charge is 2.18. The Hall–Kier alpha value is -0.380. The molecule has 2 unspecified atom stereocenters. The van der Waals surface area contributed by atoms with Gasteiger partial charge in [0.1, 0.15) is 0 Å². The molecule has 0 amide bonds. The van der Waals surface area contributed by atoms with E-state index in [1.54, 1.807) is 0 Å². The summed E-state index contributed by atoms with van der Waals surface area (Å²) in [6.07, 6.45) is 0.343. The first-order valence-electron chi connectivity index (χ1n) is 7.04. The molecule has 0 saturated heterocycles. The maximum absolute atomic E-state index is 6.22. The van der Waals surface area contributed by atoms with Crippen LogP contribution in [0.4, 0.5) is 0 Å². The molecule has 0 heterocycles. The topological polar surface area (TPSA) is 21.3 Å². The molecular weight excluding hydrogens is 302 g/mol. The van der Waals surface area contributed by atoms with Crippen molar-refractivity contribution < 1.29 is 4.74 Å². The van der Waals surface area contributed by atoms with Crippen molar-refractivity contribution in [3.05, 3.63) is 34.3 Å². The van der Waals surface area contributed by atoms with Crippen molar-refractivity contribution in [1.29, 1.82) is 0 Å². The van der Waals surface area contributed by atoms with E-state index < -0.39 is 0 Å². The largest absolute Gasteiger partial charge is 0.369 e. The molecule has 19 heavy (non-hydrogen) atoms. The minimum atomic E-state index is 0.0947. The molecule has 0 aliphatic heterocycles. The lowest BCUT2D eigenvalue weighted by Crippen LogP contribution is -2.31. The van der Waals surface area contributed by atoms with Crippen LogP contribution in [0.5, 0.6) is 0 Å². The van der Waals surface area contributed by atoms with E-state index in [4.69, 9.17) is 4.74 Å². The Bertz CT molecular complexity index is 379. The second-order valence-electron chi connectivity index (χ2n) is 5.69. The third-order valence-electron chi connectivity index (χ3n) is 3.25. The standard InChI is InChI=1S/C16H26BrNO/c1-11(2)13(5)19-16(10-18-12(3)4)14-7-6-8-15(17)9-14/h6-9,11-13,16,18H,10H2,1-5H3.